The third kappa shape index (κ3) is 4.01. The highest BCUT2D eigenvalue weighted by atomic mass is 32.2. The highest BCUT2D eigenvalue weighted by Gasteiger charge is 2.39. The Balaban J connectivity index is 2.60. The van der Waals surface area contributed by atoms with Crippen molar-refractivity contribution in [3.8, 4) is 0 Å². The zero-order chi connectivity index (χ0) is 12.4. The lowest BCUT2D eigenvalue weighted by molar-refractivity contribution is -0.289. The van der Waals surface area contributed by atoms with Crippen LogP contribution in [-0.4, -0.2) is 40.3 Å². The Morgan fingerprint density at radius 2 is 1.75 bits per heavy atom. The lowest BCUT2D eigenvalue weighted by Crippen LogP contribution is -2.48. The molecule has 0 amide bonds. The molecular formula is C10H20O5S. The summed E-state index contributed by atoms with van der Waals surface area (Å²) in [5.74, 6) is -0.593. The van der Waals surface area contributed by atoms with Gasteiger partial charge >= 0.3 is 0 Å². The highest BCUT2D eigenvalue weighted by Crippen LogP contribution is 2.33. The second kappa shape index (κ2) is 4.60. The summed E-state index contributed by atoms with van der Waals surface area (Å²) in [6.07, 6.45) is 1.80. The Bertz CT molecular complexity index is 323. The maximum absolute atomic E-state index is 11.0. The maximum Gasteiger partial charge on any atom is 0.264 e. The van der Waals surface area contributed by atoms with Crippen LogP contribution in [0.5, 0.6) is 0 Å². The third-order valence-electron chi connectivity index (χ3n) is 2.78. The molecule has 5 nitrogen and oxygen atoms in total. The number of hydrogen-bond donors (Lipinski definition) is 0. The topological polar surface area (TPSA) is 61.8 Å². The summed E-state index contributed by atoms with van der Waals surface area (Å²) in [6, 6.07) is 0. The summed E-state index contributed by atoms with van der Waals surface area (Å²) >= 11 is 0. The fraction of sp³-hybridized carbons (Fsp3) is 1.00. The van der Waals surface area contributed by atoms with Crippen LogP contribution < -0.4 is 0 Å². The molecule has 0 atom stereocenters. The number of rotatable bonds is 4. The van der Waals surface area contributed by atoms with Crippen molar-refractivity contribution < 1.29 is 22.1 Å². The van der Waals surface area contributed by atoms with Crippen LogP contribution in [0.1, 0.15) is 27.2 Å². The van der Waals surface area contributed by atoms with E-state index in [1.165, 1.54) is 0 Å². The predicted octanol–water partition coefficient (Wildman–Crippen LogP) is 1.14. The van der Waals surface area contributed by atoms with E-state index < -0.39 is 15.9 Å². The summed E-state index contributed by atoms with van der Waals surface area (Å²) < 4.78 is 37.8. The predicted molar refractivity (Wildman–Crippen MR) is 59.5 cm³/mol. The molecule has 0 aromatic carbocycles. The van der Waals surface area contributed by atoms with Gasteiger partial charge < -0.3 is 9.47 Å². The molecule has 1 aliphatic heterocycles. The Labute approximate surface area is 97.2 Å². The minimum atomic E-state index is -3.41. The normalized spacial score (nSPS) is 24.2. The van der Waals surface area contributed by atoms with E-state index in [4.69, 9.17) is 13.7 Å². The first-order valence-corrected chi connectivity index (χ1v) is 7.12. The van der Waals surface area contributed by atoms with Crippen LogP contribution in [0.4, 0.5) is 0 Å². The van der Waals surface area contributed by atoms with Gasteiger partial charge in [0.05, 0.1) is 26.1 Å². The van der Waals surface area contributed by atoms with Gasteiger partial charge in [-0.2, -0.15) is 8.42 Å². The molecule has 1 fully saturated rings. The van der Waals surface area contributed by atoms with Gasteiger partial charge in [0.25, 0.3) is 10.1 Å². The van der Waals surface area contributed by atoms with E-state index in [-0.39, 0.29) is 12.0 Å². The molecule has 0 spiro atoms. The Morgan fingerprint density at radius 1 is 1.25 bits per heavy atom. The van der Waals surface area contributed by atoms with Crippen molar-refractivity contribution >= 4 is 10.1 Å². The fourth-order valence-electron chi connectivity index (χ4n) is 1.36. The smallest absolute Gasteiger partial charge is 0.264 e. The van der Waals surface area contributed by atoms with Crippen molar-refractivity contribution in [2.45, 2.75) is 33.0 Å². The van der Waals surface area contributed by atoms with Crippen molar-refractivity contribution in [1.82, 2.24) is 0 Å². The summed E-state index contributed by atoms with van der Waals surface area (Å²) in [5.41, 5.74) is -0.363. The van der Waals surface area contributed by atoms with E-state index in [0.29, 0.717) is 13.2 Å². The minimum Gasteiger partial charge on any atom is -0.350 e. The van der Waals surface area contributed by atoms with E-state index in [1.54, 1.807) is 0 Å². The molecule has 0 unspecified atom stereocenters. The molecule has 1 aliphatic rings. The van der Waals surface area contributed by atoms with E-state index in [9.17, 15) is 8.42 Å². The molecule has 1 heterocycles. The average Bonchev–Trinajstić information content (AvgIpc) is 2.16. The number of ether oxygens (including phenoxy) is 2. The summed E-state index contributed by atoms with van der Waals surface area (Å²) in [6.45, 7) is 6.65. The molecule has 0 aliphatic carbocycles. The Hall–Kier alpha value is -0.170. The van der Waals surface area contributed by atoms with E-state index in [1.807, 2.05) is 20.8 Å². The van der Waals surface area contributed by atoms with Crippen molar-refractivity contribution in [2.75, 3.05) is 26.1 Å². The molecule has 0 radical (unpaired) electrons. The van der Waals surface area contributed by atoms with Gasteiger partial charge in [-0.1, -0.05) is 6.92 Å². The summed E-state index contributed by atoms with van der Waals surface area (Å²) in [7, 11) is -3.41. The molecule has 16 heavy (non-hydrogen) atoms. The standard InChI is InChI=1S/C10H20O5S/c1-5-10(8-15-16(4,11)12)6-13-9(2,3)14-7-10/h5-8H2,1-4H3. The molecule has 1 saturated heterocycles. The van der Waals surface area contributed by atoms with Crippen molar-refractivity contribution in [1.29, 1.82) is 0 Å². The van der Waals surface area contributed by atoms with Crippen LogP contribution in [0.3, 0.4) is 0 Å². The van der Waals surface area contributed by atoms with Gasteiger partial charge in [-0.25, -0.2) is 0 Å². The van der Waals surface area contributed by atoms with Gasteiger partial charge in [0.1, 0.15) is 0 Å². The third-order valence-corrected chi connectivity index (χ3v) is 3.33. The second-order valence-electron chi connectivity index (χ2n) is 4.80. The first-order chi connectivity index (χ1) is 7.18. The molecule has 96 valence electrons. The monoisotopic (exact) mass is 252 g/mol. The second-order valence-corrected chi connectivity index (χ2v) is 6.44. The van der Waals surface area contributed by atoms with Gasteiger partial charge in [-0.05, 0) is 20.3 Å². The largest absolute Gasteiger partial charge is 0.350 e. The maximum atomic E-state index is 11.0. The van der Waals surface area contributed by atoms with Crippen molar-refractivity contribution in [2.24, 2.45) is 5.41 Å². The van der Waals surface area contributed by atoms with Crippen molar-refractivity contribution in [3.05, 3.63) is 0 Å². The quantitative estimate of drug-likeness (QED) is 0.702. The van der Waals surface area contributed by atoms with E-state index >= 15 is 0 Å². The lowest BCUT2D eigenvalue weighted by Gasteiger charge is -2.42. The van der Waals surface area contributed by atoms with Crippen LogP contribution in [0.25, 0.3) is 0 Å². The van der Waals surface area contributed by atoms with Crippen LogP contribution in [0, 0.1) is 5.41 Å². The highest BCUT2D eigenvalue weighted by molar-refractivity contribution is 7.85. The van der Waals surface area contributed by atoms with E-state index in [0.717, 1.165) is 12.7 Å². The van der Waals surface area contributed by atoms with Crippen LogP contribution in [-0.2, 0) is 23.8 Å². The molecular weight excluding hydrogens is 232 g/mol. The molecule has 0 N–H and O–H groups in total. The summed E-state index contributed by atoms with van der Waals surface area (Å²) in [5, 5.41) is 0. The SMILES string of the molecule is CCC1(COS(C)(=O)=O)COC(C)(C)OC1. The van der Waals surface area contributed by atoms with Crippen LogP contribution >= 0.6 is 0 Å². The summed E-state index contributed by atoms with van der Waals surface area (Å²) in [4.78, 5) is 0. The average molecular weight is 252 g/mol. The molecule has 0 bridgehead atoms. The van der Waals surface area contributed by atoms with E-state index in [2.05, 4.69) is 0 Å². The molecule has 0 aromatic rings. The molecule has 6 heteroatoms. The Morgan fingerprint density at radius 3 is 2.12 bits per heavy atom. The van der Waals surface area contributed by atoms with Gasteiger partial charge in [-0.15, -0.1) is 0 Å². The molecule has 0 aromatic heterocycles. The first-order valence-electron chi connectivity index (χ1n) is 5.30. The number of hydrogen-bond acceptors (Lipinski definition) is 5. The van der Waals surface area contributed by atoms with Crippen LogP contribution in [0.15, 0.2) is 0 Å². The fourth-order valence-corrected chi connectivity index (χ4v) is 1.82. The van der Waals surface area contributed by atoms with Gasteiger partial charge in [0.15, 0.2) is 5.79 Å². The zero-order valence-corrected chi connectivity index (χ0v) is 11.1. The molecule has 1 rings (SSSR count). The zero-order valence-electron chi connectivity index (χ0n) is 10.3. The molecule has 0 saturated carbocycles. The first kappa shape index (κ1) is 13.9. The van der Waals surface area contributed by atoms with Gasteiger partial charge in [0.2, 0.25) is 0 Å². The van der Waals surface area contributed by atoms with Crippen LogP contribution in [0.2, 0.25) is 0 Å². The van der Waals surface area contributed by atoms with Gasteiger partial charge in [-0.3, -0.25) is 4.18 Å². The lowest BCUT2D eigenvalue weighted by atomic mass is 9.87. The van der Waals surface area contributed by atoms with Gasteiger partial charge in [0, 0.05) is 5.41 Å². The van der Waals surface area contributed by atoms with Crippen molar-refractivity contribution in [3.63, 3.8) is 0 Å². The minimum absolute atomic E-state index is 0.110. The Kier molecular flexibility index (Phi) is 3.99.